The number of allylic oxidation sites excluding steroid dienone is 9. The number of carbonyl (C=O) groups excluding carboxylic acids is 1. The number of carbonyl (C=O) groups is 1. The minimum absolute atomic E-state index is 0.00177. The van der Waals surface area contributed by atoms with Crippen LogP contribution in [-0.2, 0) is 4.79 Å². The summed E-state index contributed by atoms with van der Waals surface area (Å²) in [7, 11) is 0. The highest BCUT2D eigenvalue weighted by Crippen LogP contribution is 2.18. The number of aliphatic hydroxyl groups excluding tert-OH is 3. The van der Waals surface area contributed by atoms with Gasteiger partial charge in [-0.05, 0) is 77.0 Å². The zero-order chi connectivity index (χ0) is 53.6. The summed E-state index contributed by atoms with van der Waals surface area (Å²) in [6.45, 7) is 4.23. The number of amides is 1. The van der Waals surface area contributed by atoms with Crippen molar-refractivity contribution in [3.05, 3.63) is 60.8 Å². The van der Waals surface area contributed by atoms with Crippen molar-refractivity contribution in [3.8, 4) is 0 Å². The highest BCUT2D eigenvalue weighted by Gasteiger charge is 2.20. The van der Waals surface area contributed by atoms with Crippen molar-refractivity contribution in [1.82, 2.24) is 5.32 Å². The molecule has 0 bridgehead atoms. The van der Waals surface area contributed by atoms with E-state index in [1.54, 1.807) is 6.08 Å². The molecule has 0 aliphatic rings. The lowest BCUT2D eigenvalue weighted by Gasteiger charge is -2.21. The number of unbranched alkanes of at least 4 members (excludes halogenated alkanes) is 44. The van der Waals surface area contributed by atoms with Gasteiger partial charge in [-0.25, -0.2) is 0 Å². The first-order valence-corrected chi connectivity index (χ1v) is 33.1. The fourth-order valence-corrected chi connectivity index (χ4v) is 10.2. The van der Waals surface area contributed by atoms with Crippen LogP contribution in [-0.4, -0.2) is 46.1 Å². The van der Waals surface area contributed by atoms with Crippen LogP contribution >= 0.6 is 0 Å². The van der Waals surface area contributed by atoms with E-state index >= 15 is 0 Å². The maximum atomic E-state index is 12.6. The summed E-state index contributed by atoms with van der Waals surface area (Å²) < 4.78 is 0. The van der Waals surface area contributed by atoms with E-state index in [1.807, 2.05) is 6.08 Å². The van der Waals surface area contributed by atoms with Crippen LogP contribution in [0, 0.1) is 0 Å². The van der Waals surface area contributed by atoms with Crippen molar-refractivity contribution in [3.63, 3.8) is 0 Å². The normalized spacial score (nSPS) is 13.5. The van der Waals surface area contributed by atoms with E-state index < -0.39 is 18.2 Å². The Balaban J connectivity index is 3.55. The van der Waals surface area contributed by atoms with Gasteiger partial charge in [0.1, 0.15) is 0 Å². The van der Waals surface area contributed by atoms with Crippen LogP contribution in [0.2, 0.25) is 0 Å². The average molecular weight is 1040 g/mol. The van der Waals surface area contributed by atoms with Gasteiger partial charge in [-0.15, -0.1) is 0 Å². The lowest BCUT2D eigenvalue weighted by molar-refractivity contribution is -0.124. The molecule has 3 unspecified atom stereocenters. The standard InChI is InChI=1S/C69H129NO4/c1-3-5-7-9-11-13-15-17-19-21-23-25-27-28-29-30-31-32-33-34-35-36-37-38-39-40-41-42-44-46-48-50-52-54-56-58-60-62-66(72)64-69(74)70-67(65-71)68(73)63-61-59-57-55-53-51-49-47-45-43-26-24-22-20-18-16-14-12-10-8-6-4-2/h31-32,34-35,45,47,53,55,61,63,66-68,71-73H,3-30,33,36-44,46,48-52,54,56-60,62,64-65H2,1-2H3,(H,70,74)/b32-31-,35-34-,47-45+,55-53+,63-61+. The second kappa shape index (κ2) is 63.6. The van der Waals surface area contributed by atoms with Crippen LogP contribution in [0.25, 0.3) is 0 Å². The van der Waals surface area contributed by atoms with Crippen molar-refractivity contribution < 1.29 is 20.1 Å². The third kappa shape index (κ3) is 59.3. The smallest absolute Gasteiger partial charge is 0.222 e. The Hall–Kier alpha value is -1.95. The van der Waals surface area contributed by atoms with Gasteiger partial charge in [0, 0.05) is 0 Å². The van der Waals surface area contributed by atoms with Crippen LogP contribution in [0.5, 0.6) is 0 Å². The molecule has 74 heavy (non-hydrogen) atoms. The van der Waals surface area contributed by atoms with Crippen molar-refractivity contribution in [2.24, 2.45) is 0 Å². The van der Waals surface area contributed by atoms with E-state index in [0.717, 1.165) is 44.9 Å². The fraction of sp³-hybridized carbons (Fsp3) is 0.841. The first kappa shape index (κ1) is 72.0. The van der Waals surface area contributed by atoms with Gasteiger partial charge in [0.25, 0.3) is 0 Å². The topological polar surface area (TPSA) is 89.8 Å². The van der Waals surface area contributed by atoms with Crippen molar-refractivity contribution >= 4 is 5.91 Å². The molecular formula is C69H129NO4. The monoisotopic (exact) mass is 1040 g/mol. The molecule has 3 atom stereocenters. The number of hydrogen-bond acceptors (Lipinski definition) is 4. The van der Waals surface area contributed by atoms with E-state index in [0.29, 0.717) is 6.42 Å². The van der Waals surface area contributed by atoms with Crippen molar-refractivity contribution in [1.29, 1.82) is 0 Å². The average Bonchev–Trinajstić information content (AvgIpc) is 3.40. The molecule has 0 aromatic carbocycles. The SMILES string of the molecule is CCCCCCCCCCCCCC/C=C/CC/C=C/CC/C=C/C(O)C(CO)NC(=O)CC(O)CCCCCCCCCCCCCCCCC/C=C\C/C=C\CCCCCCCCCCCCCCCCC. The van der Waals surface area contributed by atoms with Gasteiger partial charge in [-0.1, -0.05) is 325 Å². The molecule has 5 heteroatoms. The van der Waals surface area contributed by atoms with Crippen LogP contribution in [0.3, 0.4) is 0 Å². The first-order chi connectivity index (χ1) is 36.5. The Morgan fingerprint density at radius 1 is 0.351 bits per heavy atom. The van der Waals surface area contributed by atoms with Crippen LogP contribution in [0.1, 0.15) is 348 Å². The zero-order valence-corrected chi connectivity index (χ0v) is 49.7. The molecule has 0 radical (unpaired) electrons. The molecule has 0 saturated heterocycles. The maximum Gasteiger partial charge on any atom is 0.222 e. The van der Waals surface area contributed by atoms with Crippen LogP contribution in [0.4, 0.5) is 0 Å². The molecule has 0 aromatic rings. The Kier molecular flexibility index (Phi) is 61.9. The molecular weight excluding hydrogens is 907 g/mol. The van der Waals surface area contributed by atoms with Crippen molar-refractivity contribution in [2.45, 2.75) is 366 Å². The lowest BCUT2D eigenvalue weighted by Crippen LogP contribution is -2.45. The second-order valence-corrected chi connectivity index (χ2v) is 22.7. The summed E-state index contributed by atoms with van der Waals surface area (Å²) >= 11 is 0. The molecule has 0 rings (SSSR count). The minimum atomic E-state index is -0.963. The van der Waals surface area contributed by atoms with E-state index in [9.17, 15) is 20.1 Å². The molecule has 5 nitrogen and oxygen atoms in total. The predicted octanol–water partition coefficient (Wildman–Crippen LogP) is 21.3. The Bertz CT molecular complexity index is 1240. The lowest BCUT2D eigenvalue weighted by atomic mass is 10.0. The summed E-state index contributed by atoms with van der Waals surface area (Å²) in [5.74, 6) is -0.326. The number of nitrogens with one attached hydrogen (secondary N) is 1. The summed E-state index contributed by atoms with van der Waals surface area (Å²) in [5.41, 5.74) is 0. The van der Waals surface area contributed by atoms with E-state index in [2.05, 4.69) is 67.8 Å². The molecule has 0 spiro atoms. The van der Waals surface area contributed by atoms with E-state index in [4.69, 9.17) is 0 Å². The molecule has 0 aliphatic carbocycles. The van der Waals surface area contributed by atoms with E-state index in [1.165, 1.54) is 276 Å². The third-order valence-corrected chi connectivity index (χ3v) is 15.3. The number of aliphatic hydroxyl groups is 3. The maximum absolute atomic E-state index is 12.6. The van der Waals surface area contributed by atoms with E-state index in [-0.39, 0.29) is 18.9 Å². The molecule has 0 heterocycles. The molecule has 0 aromatic heterocycles. The van der Waals surface area contributed by atoms with Gasteiger partial charge < -0.3 is 20.6 Å². The second-order valence-electron chi connectivity index (χ2n) is 22.7. The molecule has 0 aliphatic heterocycles. The molecule has 0 fully saturated rings. The summed E-state index contributed by atoms with van der Waals surface area (Å²) in [6, 6.07) is -0.771. The van der Waals surface area contributed by atoms with Gasteiger partial charge >= 0.3 is 0 Å². The van der Waals surface area contributed by atoms with Crippen LogP contribution in [0.15, 0.2) is 60.8 Å². The number of hydrogen-bond donors (Lipinski definition) is 4. The van der Waals surface area contributed by atoms with Gasteiger partial charge in [-0.2, -0.15) is 0 Å². The highest BCUT2D eigenvalue weighted by atomic mass is 16.3. The summed E-state index contributed by atoms with van der Waals surface area (Å²) in [4.78, 5) is 12.6. The Morgan fingerprint density at radius 2 is 0.622 bits per heavy atom. The number of rotatable bonds is 61. The summed E-state index contributed by atoms with van der Waals surface area (Å²) in [5, 5.41) is 33.5. The predicted molar refractivity (Wildman–Crippen MR) is 328 cm³/mol. The molecule has 434 valence electrons. The highest BCUT2D eigenvalue weighted by molar-refractivity contribution is 5.76. The zero-order valence-electron chi connectivity index (χ0n) is 49.7. The van der Waals surface area contributed by atoms with Gasteiger partial charge in [0.2, 0.25) is 5.91 Å². The quantitative estimate of drug-likeness (QED) is 0.0361. The molecule has 4 N–H and O–H groups in total. The Morgan fingerprint density at radius 3 is 0.946 bits per heavy atom. The minimum Gasteiger partial charge on any atom is -0.394 e. The van der Waals surface area contributed by atoms with Crippen molar-refractivity contribution in [2.75, 3.05) is 6.61 Å². The Labute approximate surface area is 462 Å². The first-order valence-electron chi connectivity index (χ1n) is 33.1. The molecule has 1 amide bonds. The van der Waals surface area contributed by atoms with Crippen LogP contribution < -0.4 is 5.32 Å². The third-order valence-electron chi connectivity index (χ3n) is 15.3. The summed E-state index contributed by atoms with van der Waals surface area (Å²) in [6.07, 6.45) is 87.5. The van der Waals surface area contributed by atoms with Gasteiger partial charge in [0.05, 0.1) is 31.3 Å². The molecule has 0 saturated carbocycles. The van der Waals surface area contributed by atoms with Gasteiger partial charge in [-0.3, -0.25) is 4.79 Å². The van der Waals surface area contributed by atoms with Gasteiger partial charge in [0.15, 0.2) is 0 Å². The fourth-order valence-electron chi connectivity index (χ4n) is 10.2. The largest absolute Gasteiger partial charge is 0.394 e.